The Morgan fingerprint density at radius 2 is 1.83 bits per heavy atom. The molecule has 0 spiro atoms. The number of allylic oxidation sites excluding steroid dienone is 1. The third kappa shape index (κ3) is 4.46. The van der Waals surface area contributed by atoms with Crippen LogP contribution in [0.4, 0.5) is 0 Å². The second-order valence-corrected chi connectivity index (χ2v) is 8.66. The van der Waals surface area contributed by atoms with Gasteiger partial charge in [-0.3, -0.25) is 9.36 Å². The maximum atomic E-state index is 13.8. The summed E-state index contributed by atoms with van der Waals surface area (Å²) in [6.45, 7) is 3.69. The van der Waals surface area contributed by atoms with Gasteiger partial charge in [-0.2, -0.15) is 0 Å². The highest BCUT2D eigenvalue weighted by molar-refractivity contribution is 7.07. The molecule has 0 saturated carbocycles. The maximum Gasteiger partial charge on any atom is 0.338 e. The van der Waals surface area contributed by atoms with Crippen molar-refractivity contribution in [1.29, 1.82) is 0 Å². The smallest absolute Gasteiger partial charge is 0.338 e. The molecule has 35 heavy (non-hydrogen) atoms. The molecule has 0 fully saturated rings. The molecular formula is C26H26N2O6S. The van der Waals surface area contributed by atoms with E-state index in [0.29, 0.717) is 49.0 Å². The van der Waals surface area contributed by atoms with Crippen molar-refractivity contribution in [1.82, 2.24) is 4.57 Å². The average Bonchev–Trinajstić information content (AvgIpc) is 3.17. The lowest BCUT2D eigenvalue weighted by Gasteiger charge is -2.25. The van der Waals surface area contributed by atoms with Gasteiger partial charge in [0.05, 0.1) is 43.7 Å². The van der Waals surface area contributed by atoms with Crippen molar-refractivity contribution in [2.24, 2.45) is 4.99 Å². The molecule has 9 heteroatoms. The van der Waals surface area contributed by atoms with Crippen LogP contribution >= 0.6 is 11.3 Å². The Morgan fingerprint density at radius 1 is 1.09 bits per heavy atom. The lowest BCUT2D eigenvalue weighted by molar-refractivity contribution is -0.139. The molecule has 1 aliphatic heterocycles. The zero-order chi connectivity index (χ0) is 25.1. The van der Waals surface area contributed by atoms with Crippen LogP contribution in [-0.4, -0.2) is 38.5 Å². The van der Waals surface area contributed by atoms with E-state index in [0.717, 1.165) is 0 Å². The van der Waals surface area contributed by atoms with Crippen molar-refractivity contribution >= 4 is 23.4 Å². The number of methoxy groups -OCH3 is 3. The minimum absolute atomic E-state index is 0.204. The summed E-state index contributed by atoms with van der Waals surface area (Å²) in [5.74, 6) is 1.25. The fourth-order valence-electron chi connectivity index (χ4n) is 4.06. The van der Waals surface area contributed by atoms with Crippen molar-refractivity contribution in [3.8, 4) is 17.2 Å². The van der Waals surface area contributed by atoms with E-state index in [4.69, 9.17) is 18.9 Å². The fourth-order valence-corrected chi connectivity index (χ4v) is 5.09. The van der Waals surface area contributed by atoms with Gasteiger partial charge in [0.2, 0.25) is 0 Å². The Bertz CT molecular complexity index is 1480. The van der Waals surface area contributed by atoms with E-state index in [-0.39, 0.29) is 12.2 Å². The molecule has 3 aromatic rings. The Kier molecular flexibility index (Phi) is 7.07. The minimum atomic E-state index is -0.749. The third-order valence-corrected chi connectivity index (χ3v) is 6.66. The number of carbonyl (C=O) groups excluding carboxylic acids is 1. The van der Waals surface area contributed by atoms with Crippen LogP contribution in [0.5, 0.6) is 17.2 Å². The van der Waals surface area contributed by atoms with Gasteiger partial charge in [-0.15, -0.1) is 0 Å². The number of para-hydroxylation sites is 1. The summed E-state index contributed by atoms with van der Waals surface area (Å²) in [6, 6.07) is 11.9. The summed E-state index contributed by atoms with van der Waals surface area (Å²) >= 11 is 1.24. The molecular weight excluding hydrogens is 468 g/mol. The summed E-state index contributed by atoms with van der Waals surface area (Å²) in [7, 11) is 4.69. The molecule has 0 radical (unpaired) electrons. The molecule has 1 unspecified atom stereocenters. The average molecular weight is 495 g/mol. The number of rotatable bonds is 7. The van der Waals surface area contributed by atoms with E-state index in [9.17, 15) is 9.59 Å². The van der Waals surface area contributed by atoms with E-state index in [1.165, 1.54) is 15.9 Å². The van der Waals surface area contributed by atoms with Crippen LogP contribution in [0.1, 0.15) is 31.0 Å². The predicted octanol–water partition coefficient (Wildman–Crippen LogP) is 2.82. The summed E-state index contributed by atoms with van der Waals surface area (Å²) in [4.78, 5) is 31.9. The predicted molar refractivity (Wildman–Crippen MR) is 133 cm³/mol. The van der Waals surface area contributed by atoms with Gasteiger partial charge in [0, 0.05) is 17.2 Å². The van der Waals surface area contributed by atoms with Gasteiger partial charge < -0.3 is 18.9 Å². The Hall–Kier alpha value is -3.85. The van der Waals surface area contributed by atoms with Crippen LogP contribution < -0.4 is 29.1 Å². The summed E-state index contributed by atoms with van der Waals surface area (Å²) in [5.41, 5.74) is 1.90. The fraction of sp³-hybridized carbons (Fsp3) is 0.269. The Labute approximate surface area is 206 Å². The topological polar surface area (TPSA) is 88.4 Å². The minimum Gasteiger partial charge on any atom is -0.497 e. The number of nitrogens with zero attached hydrogens (tertiary/aromatic N) is 2. The third-order valence-electron chi connectivity index (χ3n) is 5.68. The first-order chi connectivity index (χ1) is 16.9. The first kappa shape index (κ1) is 24.3. The van der Waals surface area contributed by atoms with E-state index in [2.05, 4.69) is 4.99 Å². The molecule has 8 nitrogen and oxygen atoms in total. The number of aromatic nitrogens is 1. The van der Waals surface area contributed by atoms with Crippen LogP contribution in [0.2, 0.25) is 0 Å². The Balaban J connectivity index is 1.98. The number of esters is 1. The van der Waals surface area contributed by atoms with E-state index < -0.39 is 12.0 Å². The molecule has 1 aromatic heterocycles. The highest BCUT2D eigenvalue weighted by atomic mass is 32.1. The first-order valence-electron chi connectivity index (χ1n) is 11.0. The van der Waals surface area contributed by atoms with Crippen LogP contribution in [0.3, 0.4) is 0 Å². The molecule has 0 saturated heterocycles. The van der Waals surface area contributed by atoms with Crippen LogP contribution in [0.25, 0.3) is 6.08 Å². The molecule has 2 heterocycles. The molecule has 0 N–H and O–H groups in total. The number of hydrogen-bond donors (Lipinski definition) is 0. The lowest BCUT2D eigenvalue weighted by atomic mass is 9.95. The number of carbonyl (C=O) groups is 1. The van der Waals surface area contributed by atoms with Crippen molar-refractivity contribution < 1.29 is 23.7 Å². The molecule has 2 aromatic carbocycles. The zero-order valence-corrected chi connectivity index (χ0v) is 21.0. The lowest BCUT2D eigenvalue weighted by Crippen LogP contribution is -2.40. The number of thiazole rings is 1. The van der Waals surface area contributed by atoms with Crippen LogP contribution in [0.15, 0.2) is 63.5 Å². The molecule has 0 amide bonds. The van der Waals surface area contributed by atoms with Gasteiger partial charge in [0.1, 0.15) is 23.3 Å². The molecule has 0 aliphatic carbocycles. The molecule has 1 aliphatic rings. The normalized spacial score (nSPS) is 15.3. The largest absolute Gasteiger partial charge is 0.497 e. The number of hydrogen-bond acceptors (Lipinski definition) is 8. The highest BCUT2D eigenvalue weighted by Crippen LogP contribution is 2.35. The van der Waals surface area contributed by atoms with E-state index >= 15 is 0 Å². The zero-order valence-electron chi connectivity index (χ0n) is 20.2. The van der Waals surface area contributed by atoms with E-state index in [1.54, 1.807) is 59.5 Å². The summed E-state index contributed by atoms with van der Waals surface area (Å²) in [5, 5.41) is 0. The molecule has 0 bridgehead atoms. The first-order valence-corrected chi connectivity index (χ1v) is 11.8. The van der Waals surface area contributed by atoms with Gasteiger partial charge >= 0.3 is 5.97 Å². The quantitative estimate of drug-likeness (QED) is 0.470. The van der Waals surface area contributed by atoms with Gasteiger partial charge in [-0.25, -0.2) is 9.79 Å². The molecule has 4 rings (SSSR count). The van der Waals surface area contributed by atoms with Gasteiger partial charge in [-0.1, -0.05) is 29.5 Å². The Morgan fingerprint density at radius 3 is 2.51 bits per heavy atom. The van der Waals surface area contributed by atoms with Gasteiger partial charge in [0.25, 0.3) is 5.56 Å². The van der Waals surface area contributed by atoms with Crippen LogP contribution in [-0.2, 0) is 9.53 Å². The SMILES string of the molecule is CCOC(=O)C1=C(C)N=c2s/c(=C\c3ccc(OC)cc3OC)c(=O)n2C1c1ccccc1OC. The van der Waals surface area contributed by atoms with Gasteiger partial charge in [0.15, 0.2) is 4.80 Å². The van der Waals surface area contributed by atoms with Crippen molar-refractivity contribution in [3.05, 3.63) is 84.5 Å². The standard InChI is InChI=1S/C26H26N2O6S/c1-6-34-25(30)22-15(2)27-26-28(23(22)18-9-7-8-10-19(18)32-4)24(29)21(35-26)13-16-11-12-17(31-3)14-20(16)33-5/h7-14,23H,6H2,1-5H3/b21-13-. The highest BCUT2D eigenvalue weighted by Gasteiger charge is 2.34. The van der Waals surface area contributed by atoms with Crippen molar-refractivity contribution in [3.63, 3.8) is 0 Å². The van der Waals surface area contributed by atoms with Crippen molar-refractivity contribution in [2.45, 2.75) is 19.9 Å². The monoisotopic (exact) mass is 494 g/mol. The van der Waals surface area contributed by atoms with Crippen molar-refractivity contribution in [2.75, 3.05) is 27.9 Å². The summed E-state index contributed by atoms with van der Waals surface area (Å²) < 4.78 is 23.7. The van der Waals surface area contributed by atoms with Crippen LogP contribution in [0, 0.1) is 0 Å². The summed E-state index contributed by atoms with van der Waals surface area (Å²) in [6.07, 6.45) is 1.75. The molecule has 182 valence electrons. The van der Waals surface area contributed by atoms with E-state index in [1.807, 2.05) is 24.3 Å². The van der Waals surface area contributed by atoms with Gasteiger partial charge in [-0.05, 0) is 38.1 Å². The number of benzene rings is 2. The molecule has 1 atom stereocenters. The second kappa shape index (κ2) is 10.2. The second-order valence-electron chi connectivity index (χ2n) is 7.65. The number of ether oxygens (including phenoxy) is 4. The maximum absolute atomic E-state index is 13.8. The number of fused-ring (bicyclic) bond motifs is 1.